The summed E-state index contributed by atoms with van der Waals surface area (Å²) >= 11 is 0. The van der Waals surface area contributed by atoms with Crippen molar-refractivity contribution in [3.8, 4) is 6.07 Å². The highest BCUT2D eigenvalue weighted by Crippen LogP contribution is 2.10. The highest BCUT2D eigenvalue weighted by molar-refractivity contribution is 7.87. The van der Waals surface area contributed by atoms with E-state index in [2.05, 4.69) is 4.72 Å². The highest BCUT2D eigenvalue weighted by atomic mass is 32.2. The van der Waals surface area contributed by atoms with Gasteiger partial charge in [-0.15, -0.1) is 0 Å². The molecule has 1 saturated heterocycles. The average Bonchev–Trinajstić information content (AvgIpc) is 2.53. The Morgan fingerprint density at radius 1 is 1.42 bits per heavy atom. The number of nitriles is 1. The number of hydrogen-bond acceptors (Lipinski definition) is 3. The third-order valence-corrected chi connectivity index (χ3v) is 3.29. The molecule has 1 aliphatic rings. The van der Waals surface area contributed by atoms with Crippen LogP contribution in [-0.2, 0) is 10.2 Å². The summed E-state index contributed by atoms with van der Waals surface area (Å²) in [5, 5.41) is 8.18. The van der Waals surface area contributed by atoms with Gasteiger partial charge >= 0.3 is 0 Å². The summed E-state index contributed by atoms with van der Waals surface area (Å²) in [6, 6.07) is 1.73. The summed E-state index contributed by atoms with van der Waals surface area (Å²) in [7, 11) is -3.36. The lowest BCUT2D eigenvalue weighted by atomic mass is 10.4. The standard InChI is InChI=1S/C6H11N3O2S/c7-3-4-8-12(10,11)9-5-1-2-6-9/h8H,1-2,4-6H2. The summed E-state index contributed by atoms with van der Waals surface area (Å²) < 4.78 is 26.1. The number of nitrogens with one attached hydrogen (secondary N) is 1. The van der Waals surface area contributed by atoms with Crippen LogP contribution >= 0.6 is 0 Å². The Morgan fingerprint density at radius 3 is 2.50 bits per heavy atom. The molecule has 0 spiro atoms. The quantitative estimate of drug-likeness (QED) is 0.605. The minimum atomic E-state index is -3.36. The van der Waals surface area contributed by atoms with Crippen LogP contribution in [-0.4, -0.2) is 32.4 Å². The normalized spacial score (nSPS) is 19.2. The minimum absolute atomic E-state index is 0.154. The number of rotatable bonds is 3. The van der Waals surface area contributed by atoms with Crippen molar-refractivity contribution >= 4 is 10.2 Å². The molecule has 68 valence electrons. The molecule has 1 rings (SSSR count). The lowest BCUT2D eigenvalue weighted by Crippen LogP contribution is -2.38. The summed E-state index contributed by atoms with van der Waals surface area (Å²) in [6.45, 7) is 0.986. The maximum absolute atomic E-state index is 11.3. The summed E-state index contributed by atoms with van der Waals surface area (Å²) in [5.41, 5.74) is 0. The fraction of sp³-hybridized carbons (Fsp3) is 0.833. The predicted octanol–water partition coefficient (Wildman–Crippen LogP) is -0.560. The molecule has 1 heterocycles. The average molecular weight is 189 g/mol. The van der Waals surface area contributed by atoms with Gasteiger partial charge < -0.3 is 0 Å². The van der Waals surface area contributed by atoms with Crippen molar-refractivity contribution in [1.29, 1.82) is 5.26 Å². The molecular weight excluding hydrogens is 178 g/mol. The molecule has 0 bridgehead atoms. The van der Waals surface area contributed by atoms with Crippen LogP contribution in [0.2, 0.25) is 0 Å². The maximum atomic E-state index is 11.3. The van der Waals surface area contributed by atoms with Crippen molar-refractivity contribution in [2.24, 2.45) is 0 Å². The molecule has 0 unspecified atom stereocenters. The first kappa shape index (κ1) is 9.45. The fourth-order valence-corrected chi connectivity index (χ4v) is 2.31. The van der Waals surface area contributed by atoms with E-state index in [0.29, 0.717) is 13.1 Å². The van der Waals surface area contributed by atoms with Crippen LogP contribution in [0.5, 0.6) is 0 Å². The van der Waals surface area contributed by atoms with Gasteiger partial charge in [0.15, 0.2) is 0 Å². The van der Waals surface area contributed by atoms with Gasteiger partial charge in [-0.2, -0.15) is 22.7 Å². The molecule has 0 aliphatic carbocycles. The first-order valence-electron chi connectivity index (χ1n) is 3.78. The predicted molar refractivity (Wildman–Crippen MR) is 43.3 cm³/mol. The molecule has 5 nitrogen and oxygen atoms in total. The zero-order valence-corrected chi connectivity index (χ0v) is 7.47. The van der Waals surface area contributed by atoms with E-state index in [0.717, 1.165) is 12.8 Å². The van der Waals surface area contributed by atoms with Crippen LogP contribution in [0.3, 0.4) is 0 Å². The van der Waals surface area contributed by atoms with Crippen LogP contribution in [0.4, 0.5) is 0 Å². The summed E-state index contributed by atoms with van der Waals surface area (Å²) in [4.78, 5) is 0. The van der Waals surface area contributed by atoms with E-state index in [4.69, 9.17) is 5.26 Å². The Labute approximate surface area is 72.2 Å². The van der Waals surface area contributed by atoms with Gasteiger partial charge in [-0.3, -0.25) is 0 Å². The Hall–Kier alpha value is -0.640. The first-order valence-corrected chi connectivity index (χ1v) is 5.22. The van der Waals surface area contributed by atoms with Gasteiger partial charge in [-0.25, -0.2) is 0 Å². The zero-order valence-electron chi connectivity index (χ0n) is 6.65. The molecule has 1 N–H and O–H groups in total. The third-order valence-electron chi connectivity index (χ3n) is 1.74. The SMILES string of the molecule is N#CCNS(=O)(=O)N1CCCC1. The second kappa shape index (κ2) is 3.85. The van der Waals surface area contributed by atoms with Gasteiger partial charge in [0.2, 0.25) is 0 Å². The Balaban J connectivity index is 2.53. The van der Waals surface area contributed by atoms with Gasteiger partial charge in [0.25, 0.3) is 10.2 Å². The van der Waals surface area contributed by atoms with Crippen molar-refractivity contribution in [2.45, 2.75) is 12.8 Å². The molecule has 0 amide bonds. The molecule has 0 aromatic rings. The third kappa shape index (κ3) is 2.17. The topological polar surface area (TPSA) is 73.2 Å². The van der Waals surface area contributed by atoms with E-state index in [9.17, 15) is 8.42 Å². The van der Waals surface area contributed by atoms with Crippen molar-refractivity contribution in [1.82, 2.24) is 9.03 Å². The van der Waals surface area contributed by atoms with E-state index in [-0.39, 0.29) is 6.54 Å². The van der Waals surface area contributed by atoms with Crippen LogP contribution in [0.15, 0.2) is 0 Å². The Morgan fingerprint density at radius 2 is 2.00 bits per heavy atom. The largest absolute Gasteiger partial charge is 0.280 e. The van der Waals surface area contributed by atoms with Crippen LogP contribution < -0.4 is 4.72 Å². The molecule has 6 heteroatoms. The van der Waals surface area contributed by atoms with Gasteiger partial charge in [0, 0.05) is 13.1 Å². The molecule has 1 aliphatic heterocycles. The van der Waals surface area contributed by atoms with Crippen LogP contribution in [0.1, 0.15) is 12.8 Å². The molecule has 0 aromatic carbocycles. The summed E-state index contributed by atoms with van der Waals surface area (Å²) in [6.07, 6.45) is 1.82. The molecule has 0 saturated carbocycles. The lowest BCUT2D eigenvalue weighted by Gasteiger charge is -2.13. The first-order chi connectivity index (χ1) is 5.67. The van der Waals surface area contributed by atoms with Crippen molar-refractivity contribution in [3.63, 3.8) is 0 Å². The van der Waals surface area contributed by atoms with Crippen molar-refractivity contribution < 1.29 is 8.42 Å². The van der Waals surface area contributed by atoms with Gasteiger partial charge in [0.05, 0.1) is 12.6 Å². The second-order valence-corrected chi connectivity index (χ2v) is 4.35. The van der Waals surface area contributed by atoms with Gasteiger partial charge in [0.1, 0.15) is 0 Å². The van der Waals surface area contributed by atoms with E-state index >= 15 is 0 Å². The van der Waals surface area contributed by atoms with E-state index in [1.54, 1.807) is 6.07 Å². The van der Waals surface area contributed by atoms with E-state index < -0.39 is 10.2 Å². The minimum Gasteiger partial charge on any atom is -0.197 e. The Kier molecular flexibility index (Phi) is 3.03. The van der Waals surface area contributed by atoms with Crippen LogP contribution in [0, 0.1) is 11.3 Å². The van der Waals surface area contributed by atoms with Crippen molar-refractivity contribution in [3.05, 3.63) is 0 Å². The zero-order chi connectivity index (χ0) is 9.03. The number of hydrogen-bond donors (Lipinski definition) is 1. The second-order valence-electron chi connectivity index (χ2n) is 2.59. The molecule has 0 radical (unpaired) electrons. The Bertz CT molecular complexity index is 274. The maximum Gasteiger partial charge on any atom is 0.280 e. The van der Waals surface area contributed by atoms with E-state index in [1.165, 1.54) is 4.31 Å². The monoisotopic (exact) mass is 189 g/mol. The fourth-order valence-electron chi connectivity index (χ4n) is 1.14. The number of nitrogens with zero attached hydrogens (tertiary/aromatic N) is 2. The molecular formula is C6H11N3O2S. The molecule has 12 heavy (non-hydrogen) atoms. The smallest absolute Gasteiger partial charge is 0.197 e. The van der Waals surface area contributed by atoms with Gasteiger partial charge in [-0.1, -0.05) is 0 Å². The molecule has 1 fully saturated rings. The van der Waals surface area contributed by atoms with Crippen molar-refractivity contribution in [2.75, 3.05) is 19.6 Å². The molecule has 0 atom stereocenters. The lowest BCUT2D eigenvalue weighted by molar-refractivity contribution is 0.468. The summed E-state index contributed by atoms with van der Waals surface area (Å²) in [5.74, 6) is 0. The van der Waals surface area contributed by atoms with Gasteiger partial charge in [-0.05, 0) is 12.8 Å². The van der Waals surface area contributed by atoms with Crippen LogP contribution in [0.25, 0.3) is 0 Å². The highest BCUT2D eigenvalue weighted by Gasteiger charge is 2.24. The van der Waals surface area contributed by atoms with E-state index in [1.807, 2.05) is 0 Å². The molecule has 0 aromatic heterocycles.